The molecule has 0 saturated heterocycles. The van der Waals surface area contributed by atoms with Crippen LogP contribution in [0.15, 0.2) is 42.5 Å². The summed E-state index contributed by atoms with van der Waals surface area (Å²) < 4.78 is 5.61. The molecule has 0 bridgehead atoms. The number of aryl methyl sites for hydroxylation is 1. The number of carbonyl (C=O) groups excluding carboxylic acids is 1. The summed E-state index contributed by atoms with van der Waals surface area (Å²) in [7, 11) is 0. The molecule has 1 fully saturated rings. The van der Waals surface area contributed by atoms with Crippen LogP contribution in [0, 0.1) is 17.2 Å². The standard InChI is InChI=1S/C33H45NO2/c1-3-5-7-8-9-11-12-26-14-17-28(18-15-26)29-19-21-30(22-20-29)33(35)36-32-23-16-27(13-10-6-4-2)24-31(32)25-34/h16,19-24,26,28H,3-15,17-18H2,1-2H3. The van der Waals surface area contributed by atoms with E-state index in [9.17, 15) is 10.1 Å². The number of esters is 1. The molecular formula is C33H45NO2. The third-order valence-electron chi connectivity index (χ3n) is 7.87. The molecule has 0 heterocycles. The number of benzene rings is 2. The summed E-state index contributed by atoms with van der Waals surface area (Å²) in [6, 6.07) is 15.7. The van der Waals surface area contributed by atoms with E-state index < -0.39 is 5.97 Å². The minimum Gasteiger partial charge on any atom is -0.422 e. The van der Waals surface area contributed by atoms with Crippen molar-refractivity contribution in [3.8, 4) is 11.8 Å². The van der Waals surface area contributed by atoms with Gasteiger partial charge < -0.3 is 4.74 Å². The summed E-state index contributed by atoms with van der Waals surface area (Å²) in [6.45, 7) is 4.45. The van der Waals surface area contributed by atoms with Gasteiger partial charge in [0.25, 0.3) is 0 Å². The van der Waals surface area contributed by atoms with Crippen LogP contribution in [-0.2, 0) is 6.42 Å². The van der Waals surface area contributed by atoms with Crippen molar-refractivity contribution in [1.29, 1.82) is 5.26 Å². The zero-order chi connectivity index (χ0) is 25.6. The van der Waals surface area contributed by atoms with Crippen molar-refractivity contribution >= 4 is 5.97 Å². The van der Waals surface area contributed by atoms with Gasteiger partial charge in [0.05, 0.1) is 11.1 Å². The van der Waals surface area contributed by atoms with E-state index in [0.717, 1.165) is 24.3 Å². The van der Waals surface area contributed by atoms with Crippen LogP contribution >= 0.6 is 0 Å². The van der Waals surface area contributed by atoms with Crippen molar-refractivity contribution in [3.63, 3.8) is 0 Å². The quantitative estimate of drug-likeness (QED) is 0.151. The first-order valence-electron chi connectivity index (χ1n) is 14.5. The molecule has 1 aliphatic rings. The summed E-state index contributed by atoms with van der Waals surface area (Å²) in [4.78, 5) is 12.8. The maximum Gasteiger partial charge on any atom is 0.343 e. The minimum atomic E-state index is -0.403. The monoisotopic (exact) mass is 487 g/mol. The second-order valence-electron chi connectivity index (χ2n) is 10.7. The van der Waals surface area contributed by atoms with Gasteiger partial charge in [0.15, 0.2) is 0 Å². The highest BCUT2D eigenvalue weighted by atomic mass is 16.5. The van der Waals surface area contributed by atoms with Gasteiger partial charge in [-0.2, -0.15) is 5.26 Å². The highest BCUT2D eigenvalue weighted by Crippen LogP contribution is 2.38. The molecule has 194 valence electrons. The molecule has 0 unspecified atom stereocenters. The van der Waals surface area contributed by atoms with Crippen LogP contribution in [0.4, 0.5) is 0 Å². The summed E-state index contributed by atoms with van der Waals surface area (Å²) in [5.41, 5.74) is 3.41. The molecule has 0 spiro atoms. The second kappa shape index (κ2) is 15.5. The summed E-state index contributed by atoms with van der Waals surface area (Å²) in [5.74, 6) is 1.43. The van der Waals surface area contributed by atoms with E-state index in [1.807, 2.05) is 24.3 Å². The van der Waals surface area contributed by atoms with E-state index in [2.05, 4.69) is 32.0 Å². The van der Waals surface area contributed by atoms with Gasteiger partial charge in [0, 0.05) is 0 Å². The normalized spacial score (nSPS) is 17.5. The van der Waals surface area contributed by atoms with Gasteiger partial charge in [0.1, 0.15) is 11.8 Å². The average Bonchev–Trinajstić information content (AvgIpc) is 2.92. The van der Waals surface area contributed by atoms with Crippen LogP contribution in [0.3, 0.4) is 0 Å². The Balaban J connectivity index is 1.46. The molecule has 0 amide bonds. The number of carbonyl (C=O) groups is 1. The molecule has 1 saturated carbocycles. The van der Waals surface area contributed by atoms with Crippen molar-refractivity contribution in [2.24, 2.45) is 5.92 Å². The molecular weight excluding hydrogens is 442 g/mol. The molecule has 3 rings (SSSR count). The van der Waals surface area contributed by atoms with Crippen LogP contribution < -0.4 is 4.74 Å². The molecule has 0 radical (unpaired) electrons. The Labute approximate surface area is 219 Å². The summed E-state index contributed by atoms with van der Waals surface area (Å²) >= 11 is 0. The van der Waals surface area contributed by atoms with Gasteiger partial charge in [-0.05, 0) is 85.8 Å². The lowest BCUT2D eigenvalue weighted by Crippen LogP contribution is -2.14. The molecule has 1 aliphatic carbocycles. The third-order valence-corrected chi connectivity index (χ3v) is 7.87. The molecule has 3 nitrogen and oxygen atoms in total. The van der Waals surface area contributed by atoms with Crippen molar-refractivity contribution in [3.05, 3.63) is 64.7 Å². The zero-order valence-electron chi connectivity index (χ0n) is 22.6. The molecule has 0 aromatic heterocycles. The smallest absolute Gasteiger partial charge is 0.343 e. The maximum absolute atomic E-state index is 12.8. The Morgan fingerprint density at radius 3 is 2.22 bits per heavy atom. The second-order valence-corrected chi connectivity index (χ2v) is 10.7. The molecule has 36 heavy (non-hydrogen) atoms. The van der Waals surface area contributed by atoms with Gasteiger partial charge in [0.2, 0.25) is 0 Å². The van der Waals surface area contributed by atoms with Crippen molar-refractivity contribution in [2.45, 2.75) is 116 Å². The van der Waals surface area contributed by atoms with Gasteiger partial charge in [-0.3, -0.25) is 0 Å². The fraction of sp³-hybridized carbons (Fsp3) is 0.576. The van der Waals surface area contributed by atoms with E-state index in [1.54, 1.807) is 6.07 Å². The minimum absolute atomic E-state index is 0.342. The number of nitrogens with zero attached hydrogens (tertiary/aromatic N) is 1. The third kappa shape index (κ3) is 8.81. The molecule has 2 aromatic carbocycles. The Hall–Kier alpha value is -2.60. The van der Waals surface area contributed by atoms with E-state index >= 15 is 0 Å². The lowest BCUT2D eigenvalue weighted by Gasteiger charge is -2.29. The largest absolute Gasteiger partial charge is 0.422 e. The lowest BCUT2D eigenvalue weighted by molar-refractivity contribution is 0.0734. The Kier molecular flexibility index (Phi) is 12.0. The Morgan fingerprint density at radius 2 is 1.53 bits per heavy atom. The molecule has 0 atom stereocenters. The predicted molar refractivity (Wildman–Crippen MR) is 148 cm³/mol. The van der Waals surface area contributed by atoms with Crippen LogP contribution in [0.1, 0.15) is 137 Å². The van der Waals surface area contributed by atoms with E-state index in [-0.39, 0.29) is 0 Å². The van der Waals surface area contributed by atoms with Gasteiger partial charge in [-0.25, -0.2) is 4.79 Å². The predicted octanol–water partition coefficient (Wildman–Crippen LogP) is 9.53. The molecule has 0 aliphatic heterocycles. The number of hydrogen-bond acceptors (Lipinski definition) is 3. The van der Waals surface area contributed by atoms with Crippen molar-refractivity contribution < 1.29 is 9.53 Å². The number of unbranched alkanes of at least 4 members (excludes halogenated alkanes) is 7. The van der Waals surface area contributed by atoms with Crippen LogP contribution in [0.25, 0.3) is 0 Å². The van der Waals surface area contributed by atoms with Crippen molar-refractivity contribution in [2.75, 3.05) is 0 Å². The van der Waals surface area contributed by atoms with Crippen LogP contribution in [-0.4, -0.2) is 5.97 Å². The zero-order valence-corrected chi connectivity index (χ0v) is 22.6. The Morgan fingerprint density at radius 1 is 0.861 bits per heavy atom. The van der Waals surface area contributed by atoms with Crippen LogP contribution in [0.2, 0.25) is 0 Å². The number of ether oxygens (including phenoxy) is 1. The van der Waals surface area contributed by atoms with E-state index in [4.69, 9.17) is 4.74 Å². The molecule has 2 aromatic rings. The first kappa shape index (κ1) is 28.0. The van der Waals surface area contributed by atoms with E-state index in [0.29, 0.717) is 22.8 Å². The van der Waals surface area contributed by atoms with Gasteiger partial charge >= 0.3 is 5.97 Å². The summed E-state index contributed by atoms with van der Waals surface area (Å²) in [6.07, 6.45) is 19.2. The first-order chi connectivity index (χ1) is 17.6. The lowest BCUT2D eigenvalue weighted by atomic mass is 9.77. The van der Waals surface area contributed by atoms with Gasteiger partial charge in [-0.15, -0.1) is 0 Å². The topological polar surface area (TPSA) is 50.1 Å². The Bertz CT molecular complexity index is 964. The fourth-order valence-corrected chi connectivity index (χ4v) is 5.54. The van der Waals surface area contributed by atoms with Crippen molar-refractivity contribution in [1.82, 2.24) is 0 Å². The van der Waals surface area contributed by atoms with Crippen LogP contribution in [0.5, 0.6) is 5.75 Å². The average molecular weight is 488 g/mol. The maximum atomic E-state index is 12.8. The molecule has 0 N–H and O–H groups in total. The molecule has 3 heteroatoms. The highest BCUT2D eigenvalue weighted by molar-refractivity contribution is 5.91. The number of nitriles is 1. The summed E-state index contributed by atoms with van der Waals surface area (Å²) in [5, 5.41) is 9.55. The SMILES string of the molecule is CCCCCCCCC1CCC(c2ccc(C(=O)Oc3ccc(CCCCC)cc3C#N)cc2)CC1. The van der Waals surface area contributed by atoms with E-state index in [1.165, 1.54) is 89.0 Å². The highest BCUT2D eigenvalue weighted by Gasteiger charge is 2.22. The fourth-order valence-electron chi connectivity index (χ4n) is 5.54. The number of hydrogen-bond donors (Lipinski definition) is 0. The van der Waals surface area contributed by atoms with Gasteiger partial charge in [-0.1, -0.05) is 89.8 Å². The number of rotatable bonds is 14. The first-order valence-corrected chi connectivity index (χ1v) is 14.5.